The number of benzene rings is 1. The zero-order valence-corrected chi connectivity index (χ0v) is 24.6. The van der Waals surface area contributed by atoms with Crippen molar-refractivity contribution in [3.8, 4) is 5.75 Å². The number of carboxylic acid groups (broad SMARTS) is 1. The number of ether oxygens (including phenoxy) is 1. The van der Waals surface area contributed by atoms with Crippen LogP contribution in [0.25, 0.3) is 0 Å². The number of aryl methyl sites for hydroxylation is 1. The van der Waals surface area contributed by atoms with Crippen molar-refractivity contribution in [2.45, 2.75) is 63.5 Å². The van der Waals surface area contributed by atoms with E-state index in [1.165, 1.54) is 27.8 Å². The van der Waals surface area contributed by atoms with Gasteiger partial charge in [-0.2, -0.15) is 4.37 Å². The van der Waals surface area contributed by atoms with Gasteiger partial charge in [0.25, 0.3) is 5.91 Å². The van der Waals surface area contributed by atoms with Crippen LogP contribution in [0.2, 0.25) is 0 Å². The van der Waals surface area contributed by atoms with Gasteiger partial charge in [0, 0.05) is 52.9 Å². The number of aromatic nitrogens is 4. The first-order chi connectivity index (χ1) is 19.0. The van der Waals surface area contributed by atoms with Gasteiger partial charge < -0.3 is 14.7 Å². The normalized spacial score (nSPS) is 21.0. The summed E-state index contributed by atoms with van der Waals surface area (Å²) >= 11 is 2.70. The van der Waals surface area contributed by atoms with Gasteiger partial charge in [-0.25, -0.2) is 9.78 Å². The molecule has 1 saturated heterocycles. The molecule has 0 aliphatic carbocycles. The maximum Gasteiger partial charge on any atom is 0.330 e. The average molecular weight is 578 g/mol. The molecule has 1 amide bonds. The number of thiazole rings is 1. The van der Waals surface area contributed by atoms with Crippen molar-refractivity contribution in [3.05, 3.63) is 86.8 Å². The summed E-state index contributed by atoms with van der Waals surface area (Å²) in [6, 6.07) is 6.47. The Morgan fingerprint density at radius 1 is 1.18 bits per heavy atom. The molecule has 1 aromatic carbocycles. The lowest BCUT2D eigenvalue weighted by atomic mass is 9.85. The summed E-state index contributed by atoms with van der Waals surface area (Å²) in [5, 5.41) is 13.4. The van der Waals surface area contributed by atoms with Gasteiger partial charge in [0.15, 0.2) is 0 Å². The van der Waals surface area contributed by atoms with Gasteiger partial charge in [0.05, 0.1) is 24.5 Å². The molecule has 3 aromatic heterocycles. The minimum absolute atomic E-state index is 0.0480. The molecule has 4 aromatic rings. The molecule has 0 saturated carbocycles. The predicted octanol–water partition coefficient (Wildman–Crippen LogP) is 5.44. The lowest BCUT2D eigenvalue weighted by Crippen LogP contribution is -2.55. The van der Waals surface area contributed by atoms with Crippen LogP contribution in [0.15, 0.2) is 54.4 Å². The number of amides is 1. The highest BCUT2D eigenvalue weighted by Crippen LogP contribution is 2.54. The molecule has 1 N–H and O–H groups in total. The highest BCUT2D eigenvalue weighted by atomic mass is 32.1. The molecular formula is C29H31N5O4S2. The summed E-state index contributed by atoms with van der Waals surface area (Å²) in [7, 11) is 1.57. The van der Waals surface area contributed by atoms with E-state index in [4.69, 9.17) is 4.74 Å². The Morgan fingerprint density at radius 2 is 1.98 bits per heavy atom. The number of hydrogen-bond acceptors (Lipinski definition) is 9. The first-order valence-corrected chi connectivity index (χ1v) is 14.5. The van der Waals surface area contributed by atoms with Crippen molar-refractivity contribution in [2.24, 2.45) is 0 Å². The fourth-order valence-electron chi connectivity index (χ4n) is 5.54. The largest absolute Gasteiger partial charge is 0.496 e. The Bertz CT molecular complexity index is 1520. The average Bonchev–Trinajstić information content (AvgIpc) is 3.67. The van der Waals surface area contributed by atoms with Crippen LogP contribution >= 0.6 is 22.9 Å². The number of likely N-dealkylation sites (tertiary alicyclic amines) is 1. The monoisotopic (exact) mass is 577 g/mol. The second-order valence-electron chi connectivity index (χ2n) is 11.0. The van der Waals surface area contributed by atoms with E-state index in [1.807, 2.05) is 18.4 Å². The fourth-order valence-corrected chi connectivity index (χ4v) is 7.01. The van der Waals surface area contributed by atoms with Gasteiger partial charge in [0.1, 0.15) is 16.3 Å². The standard InChI is InChI=1S/C29H31N5O4S2/c1-17-15-32-25(40-17)24-20(22-16-30-9-10-31-22)14-29(27(36)37,13-19-8-11-39-33-19)34(24)26(35)18-6-7-21(28(2,3)4)23(12-18)38-5/h6-12,15-16,20,24H,13-14H2,1-5H3,(H,36,37)/t20-,24-,29+/m1/s1. The lowest BCUT2D eigenvalue weighted by molar-refractivity contribution is -0.149. The van der Waals surface area contributed by atoms with E-state index < -0.39 is 29.4 Å². The summed E-state index contributed by atoms with van der Waals surface area (Å²) in [5.74, 6) is -1.39. The highest BCUT2D eigenvalue weighted by Gasteiger charge is 2.60. The van der Waals surface area contributed by atoms with Crippen molar-refractivity contribution in [1.29, 1.82) is 0 Å². The summed E-state index contributed by atoms with van der Waals surface area (Å²) < 4.78 is 10.1. The number of carboxylic acids is 1. The van der Waals surface area contributed by atoms with Gasteiger partial charge in [-0.3, -0.25) is 14.8 Å². The SMILES string of the molecule is COc1cc(C(=O)N2[C@@H](c3ncc(C)s3)[C@@H](c3cnccn3)C[C@@]2(Cc2ccsn2)C(=O)O)ccc1C(C)(C)C. The molecule has 9 nitrogen and oxygen atoms in total. The molecule has 11 heteroatoms. The number of hydrogen-bond donors (Lipinski definition) is 1. The predicted molar refractivity (Wildman–Crippen MR) is 153 cm³/mol. The Labute approximate surface area is 241 Å². The van der Waals surface area contributed by atoms with E-state index in [0.717, 1.165) is 10.4 Å². The molecule has 0 spiro atoms. The third-order valence-electron chi connectivity index (χ3n) is 7.37. The van der Waals surface area contributed by atoms with Crippen LogP contribution < -0.4 is 4.74 Å². The van der Waals surface area contributed by atoms with Crippen molar-refractivity contribution < 1.29 is 19.4 Å². The number of nitrogens with zero attached hydrogens (tertiary/aromatic N) is 5. The maximum absolute atomic E-state index is 14.6. The van der Waals surface area contributed by atoms with Gasteiger partial charge in [-0.1, -0.05) is 26.8 Å². The molecule has 1 aliphatic heterocycles. The summed E-state index contributed by atoms with van der Waals surface area (Å²) in [6.07, 6.45) is 6.73. The molecule has 0 unspecified atom stereocenters. The van der Waals surface area contributed by atoms with Crippen LogP contribution in [-0.4, -0.2) is 53.9 Å². The fraction of sp³-hybridized carbons (Fsp3) is 0.379. The summed E-state index contributed by atoms with van der Waals surface area (Å²) in [4.78, 5) is 43.9. The van der Waals surface area contributed by atoms with E-state index in [0.29, 0.717) is 27.7 Å². The van der Waals surface area contributed by atoms with E-state index in [1.54, 1.807) is 50.1 Å². The first kappa shape index (κ1) is 27.9. The van der Waals surface area contributed by atoms with Crippen LogP contribution in [0.5, 0.6) is 5.75 Å². The zero-order valence-electron chi connectivity index (χ0n) is 23.0. The van der Waals surface area contributed by atoms with Crippen molar-refractivity contribution >= 4 is 34.7 Å². The molecule has 4 heterocycles. The third-order valence-corrected chi connectivity index (χ3v) is 8.95. The quantitative estimate of drug-likeness (QED) is 0.308. The summed E-state index contributed by atoms with van der Waals surface area (Å²) in [6.45, 7) is 8.16. The minimum atomic E-state index is -1.60. The van der Waals surface area contributed by atoms with E-state index >= 15 is 0 Å². The molecule has 0 bridgehead atoms. The molecule has 5 rings (SSSR count). The van der Waals surface area contributed by atoms with Gasteiger partial charge >= 0.3 is 5.97 Å². The van der Waals surface area contributed by atoms with Gasteiger partial charge in [0.2, 0.25) is 0 Å². The Kier molecular flexibility index (Phi) is 7.45. The third kappa shape index (κ3) is 4.99. The molecule has 208 valence electrons. The zero-order chi connectivity index (χ0) is 28.7. The number of rotatable bonds is 7. The Balaban J connectivity index is 1.73. The van der Waals surface area contributed by atoms with E-state index in [2.05, 4.69) is 40.1 Å². The van der Waals surface area contributed by atoms with Crippen LogP contribution in [0, 0.1) is 6.92 Å². The van der Waals surface area contributed by atoms with Crippen LogP contribution in [0.4, 0.5) is 0 Å². The molecule has 1 fully saturated rings. The second kappa shape index (κ2) is 10.7. The molecule has 1 aliphatic rings. The van der Waals surface area contributed by atoms with Crippen LogP contribution in [0.1, 0.15) is 76.3 Å². The van der Waals surface area contributed by atoms with Crippen LogP contribution in [-0.2, 0) is 16.6 Å². The number of aliphatic carboxylic acids is 1. The van der Waals surface area contributed by atoms with Gasteiger partial charge in [-0.15, -0.1) is 11.3 Å². The van der Waals surface area contributed by atoms with E-state index in [-0.39, 0.29) is 18.3 Å². The van der Waals surface area contributed by atoms with Crippen molar-refractivity contribution in [1.82, 2.24) is 24.2 Å². The molecule has 3 atom stereocenters. The Hall–Kier alpha value is -3.70. The minimum Gasteiger partial charge on any atom is -0.496 e. The smallest absolute Gasteiger partial charge is 0.330 e. The number of carbonyl (C=O) groups is 2. The van der Waals surface area contributed by atoms with Crippen molar-refractivity contribution in [2.75, 3.05) is 7.11 Å². The topological polar surface area (TPSA) is 118 Å². The highest BCUT2D eigenvalue weighted by molar-refractivity contribution is 7.11. The molecule has 40 heavy (non-hydrogen) atoms. The van der Waals surface area contributed by atoms with Crippen molar-refractivity contribution in [3.63, 3.8) is 0 Å². The lowest BCUT2D eigenvalue weighted by Gasteiger charge is -2.37. The summed E-state index contributed by atoms with van der Waals surface area (Å²) in [5.41, 5.74) is 0.693. The van der Waals surface area contributed by atoms with Crippen LogP contribution in [0.3, 0.4) is 0 Å². The molecular weight excluding hydrogens is 546 g/mol. The Morgan fingerprint density at radius 3 is 2.55 bits per heavy atom. The second-order valence-corrected chi connectivity index (χ2v) is 13.0. The molecule has 0 radical (unpaired) electrons. The maximum atomic E-state index is 14.6. The number of methoxy groups -OCH3 is 1. The number of carbonyl (C=O) groups excluding carboxylic acids is 1. The van der Waals surface area contributed by atoms with E-state index in [9.17, 15) is 14.7 Å². The van der Waals surface area contributed by atoms with Gasteiger partial charge in [-0.05, 0) is 54.1 Å². The first-order valence-electron chi connectivity index (χ1n) is 12.9.